The van der Waals surface area contributed by atoms with E-state index in [1.54, 1.807) is 17.0 Å². The molecule has 1 fully saturated rings. The Hall–Kier alpha value is -1.11. The molecule has 0 spiro atoms. The third-order valence-electron chi connectivity index (χ3n) is 4.50. The number of hydrogen-bond acceptors (Lipinski definition) is 3. The average molecular weight is 373 g/mol. The average Bonchev–Trinajstić information content (AvgIpc) is 2.83. The number of nitrogens with one attached hydrogen (secondary N) is 1. The molecule has 0 radical (unpaired) electrons. The van der Waals surface area contributed by atoms with Gasteiger partial charge in [-0.25, -0.2) is 13.1 Å². The summed E-state index contributed by atoms with van der Waals surface area (Å²) in [5, 5.41) is 0.363. The fourth-order valence-electron chi connectivity index (χ4n) is 3.03. The lowest BCUT2D eigenvalue weighted by atomic mass is 10.1. The van der Waals surface area contributed by atoms with E-state index >= 15 is 0 Å². The number of amides is 1. The van der Waals surface area contributed by atoms with Gasteiger partial charge in [-0.15, -0.1) is 0 Å². The Balaban J connectivity index is 1.85. The van der Waals surface area contributed by atoms with E-state index in [1.165, 1.54) is 25.0 Å². The summed E-state index contributed by atoms with van der Waals surface area (Å²) in [6.45, 7) is 0.0880. The molecule has 1 N–H and O–H groups in total. The first-order chi connectivity index (χ1) is 11.4. The minimum atomic E-state index is -3.64. The SMILES string of the molecule is CN(C(=O)CCNS(=O)(=O)c1cccc(Cl)c1)C1CCCCCC1. The highest BCUT2D eigenvalue weighted by molar-refractivity contribution is 7.89. The van der Waals surface area contributed by atoms with Crippen LogP contribution in [0.4, 0.5) is 0 Å². The molecule has 7 heteroatoms. The standard InChI is InChI=1S/C17H25ClN2O3S/c1-20(15-8-4-2-3-5-9-15)17(21)11-12-19-24(22,23)16-10-6-7-14(18)13-16/h6-7,10,13,15,19H,2-5,8-9,11-12H2,1H3. The molecule has 1 aliphatic rings. The Kier molecular flexibility index (Phi) is 7.07. The van der Waals surface area contributed by atoms with Gasteiger partial charge in [0.2, 0.25) is 15.9 Å². The van der Waals surface area contributed by atoms with Gasteiger partial charge in [-0.3, -0.25) is 4.79 Å². The van der Waals surface area contributed by atoms with Crippen LogP contribution in [-0.4, -0.2) is 38.9 Å². The lowest BCUT2D eigenvalue weighted by Gasteiger charge is -2.27. The third kappa shape index (κ3) is 5.46. The lowest BCUT2D eigenvalue weighted by molar-refractivity contribution is -0.132. The van der Waals surface area contributed by atoms with E-state index in [1.807, 2.05) is 7.05 Å². The Bertz CT molecular complexity index is 656. The molecule has 2 rings (SSSR count). The zero-order valence-corrected chi connectivity index (χ0v) is 15.6. The molecule has 0 atom stereocenters. The molecular formula is C17H25ClN2O3S. The molecule has 5 nitrogen and oxygen atoms in total. The highest BCUT2D eigenvalue weighted by Gasteiger charge is 2.21. The number of carbonyl (C=O) groups excluding carboxylic acids is 1. The molecule has 0 unspecified atom stereocenters. The van der Waals surface area contributed by atoms with Gasteiger partial charge in [0.05, 0.1) is 4.90 Å². The molecule has 24 heavy (non-hydrogen) atoms. The molecule has 0 saturated heterocycles. The van der Waals surface area contributed by atoms with Crippen LogP contribution < -0.4 is 4.72 Å². The number of carbonyl (C=O) groups is 1. The number of rotatable bonds is 6. The number of hydrogen-bond donors (Lipinski definition) is 1. The van der Waals surface area contributed by atoms with Crippen LogP contribution in [0.5, 0.6) is 0 Å². The van der Waals surface area contributed by atoms with Crippen molar-refractivity contribution in [1.82, 2.24) is 9.62 Å². The molecule has 1 aromatic carbocycles. The van der Waals surface area contributed by atoms with Crippen molar-refractivity contribution in [3.05, 3.63) is 29.3 Å². The number of sulfonamides is 1. The Morgan fingerprint density at radius 3 is 2.54 bits per heavy atom. The smallest absolute Gasteiger partial charge is 0.240 e. The Morgan fingerprint density at radius 1 is 1.25 bits per heavy atom. The van der Waals surface area contributed by atoms with Crippen molar-refractivity contribution in [3.8, 4) is 0 Å². The summed E-state index contributed by atoms with van der Waals surface area (Å²) in [5.41, 5.74) is 0. The Labute approximate surface area is 149 Å². The second-order valence-corrected chi connectivity index (χ2v) is 8.46. The maximum absolute atomic E-state index is 12.3. The van der Waals surface area contributed by atoms with Gasteiger partial charge in [-0.05, 0) is 31.0 Å². The van der Waals surface area contributed by atoms with E-state index in [4.69, 9.17) is 11.6 Å². The van der Waals surface area contributed by atoms with E-state index in [0.717, 1.165) is 25.7 Å². The Morgan fingerprint density at radius 2 is 1.92 bits per heavy atom. The molecule has 0 bridgehead atoms. The predicted octanol–water partition coefficient (Wildman–Crippen LogP) is 3.19. The molecular weight excluding hydrogens is 348 g/mol. The molecule has 1 aromatic rings. The first-order valence-electron chi connectivity index (χ1n) is 8.41. The van der Waals surface area contributed by atoms with Crippen molar-refractivity contribution in [2.45, 2.75) is 55.9 Å². The van der Waals surface area contributed by atoms with Gasteiger partial charge in [-0.1, -0.05) is 43.4 Å². The van der Waals surface area contributed by atoms with Crippen LogP contribution >= 0.6 is 11.6 Å². The first kappa shape index (κ1) is 19.2. The van der Waals surface area contributed by atoms with Crippen LogP contribution in [0.15, 0.2) is 29.2 Å². The molecule has 0 heterocycles. The van der Waals surface area contributed by atoms with Crippen LogP contribution in [0.25, 0.3) is 0 Å². The monoisotopic (exact) mass is 372 g/mol. The largest absolute Gasteiger partial charge is 0.343 e. The summed E-state index contributed by atoms with van der Waals surface area (Å²) in [5.74, 6) is -0.0179. The molecule has 0 aromatic heterocycles. The van der Waals surface area contributed by atoms with Gasteiger partial charge >= 0.3 is 0 Å². The second-order valence-electron chi connectivity index (χ2n) is 6.26. The molecule has 0 aliphatic heterocycles. The van der Waals surface area contributed by atoms with Gasteiger partial charge in [0, 0.05) is 31.1 Å². The maximum Gasteiger partial charge on any atom is 0.240 e. The van der Waals surface area contributed by atoms with Gasteiger partial charge < -0.3 is 4.90 Å². The lowest BCUT2D eigenvalue weighted by Crippen LogP contribution is -2.38. The van der Waals surface area contributed by atoms with Crippen LogP contribution in [0.3, 0.4) is 0 Å². The maximum atomic E-state index is 12.3. The summed E-state index contributed by atoms with van der Waals surface area (Å²) in [6.07, 6.45) is 7.02. The van der Waals surface area contributed by atoms with Crippen molar-refractivity contribution in [1.29, 1.82) is 0 Å². The van der Waals surface area contributed by atoms with Crippen molar-refractivity contribution >= 4 is 27.5 Å². The van der Waals surface area contributed by atoms with Crippen LogP contribution in [0.2, 0.25) is 5.02 Å². The molecule has 134 valence electrons. The summed E-state index contributed by atoms with van der Waals surface area (Å²) in [4.78, 5) is 14.2. The highest BCUT2D eigenvalue weighted by atomic mass is 35.5. The summed E-state index contributed by atoms with van der Waals surface area (Å²) in [7, 11) is -1.82. The number of benzene rings is 1. The summed E-state index contributed by atoms with van der Waals surface area (Å²) >= 11 is 5.82. The zero-order valence-electron chi connectivity index (χ0n) is 14.0. The fourth-order valence-corrected chi connectivity index (χ4v) is 4.37. The van der Waals surface area contributed by atoms with Crippen molar-refractivity contribution in [2.75, 3.05) is 13.6 Å². The predicted molar refractivity (Wildman–Crippen MR) is 95.5 cm³/mol. The normalized spacial score (nSPS) is 16.6. The van der Waals surface area contributed by atoms with Gasteiger partial charge in [0.1, 0.15) is 0 Å². The molecule has 1 saturated carbocycles. The number of nitrogens with zero attached hydrogens (tertiary/aromatic N) is 1. The molecule has 1 aliphatic carbocycles. The quantitative estimate of drug-likeness (QED) is 0.780. The van der Waals surface area contributed by atoms with Gasteiger partial charge in [-0.2, -0.15) is 0 Å². The summed E-state index contributed by atoms with van der Waals surface area (Å²) in [6, 6.07) is 6.36. The highest BCUT2D eigenvalue weighted by Crippen LogP contribution is 2.21. The number of halogens is 1. The fraction of sp³-hybridized carbons (Fsp3) is 0.588. The van der Waals surface area contributed by atoms with E-state index < -0.39 is 10.0 Å². The van der Waals surface area contributed by atoms with Crippen molar-refractivity contribution < 1.29 is 13.2 Å². The topological polar surface area (TPSA) is 66.5 Å². The van der Waals surface area contributed by atoms with Crippen LogP contribution in [-0.2, 0) is 14.8 Å². The minimum Gasteiger partial charge on any atom is -0.343 e. The van der Waals surface area contributed by atoms with Crippen molar-refractivity contribution in [2.24, 2.45) is 0 Å². The summed E-state index contributed by atoms with van der Waals surface area (Å²) < 4.78 is 26.8. The van der Waals surface area contributed by atoms with E-state index in [0.29, 0.717) is 5.02 Å². The third-order valence-corrected chi connectivity index (χ3v) is 6.20. The minimum absolute atomic E-state index is 0.0179. The van der Waals surface area contributed by atoms with Crippen LogP contribution in [0, 0.1) is 0 Å². The zero-order chi connectivity index (χ0) is 17.6. The van der Waals surface area contributed by atoms with E-state index in [9.17, 15) is 13.2 Å². The van der Waals surface area contributed by atoms with E-state index in [-0.39, 0.29) is 29.8 Å². The van der Waals surface area contributed by atoms with Gasteiger partial charge in [0.25, 0.3) is 0 Å². The van der Waals surface area contributed by atoms with Gasteiger partial charge in [0.15, 0.2) is 0 Å². The first-order valence-corrected chi connectivity index (χ1v) is 10.3. The second kappa shape index (κ2) is 8.83. The van der Waals surface area contributed by atoms with E-state index in [2.05, 4.69) is 4.72 Å². The molecule has 1 amide bonds. The van der Waals surface area contributed by atoms with Crippen LogP contribution in [0.1, 0.15) is 44.9 Å². The van der Waals surface area contributed by atoms with Crippen molar-refractivity contribution in [3.63, 3.8) is 0 Å².